The first-order valence-electron chi connectivity index (χ1n) is 7.87. The molecule has 0 N–H and O–H groups in total. The van der Waals surface area contributed by atoms with Gasteiger partial charge < -0.3 is 4.74 Å². The van der Waals surface area contributed by atoms with Crippen LogP contribution < -0.4 is 10.3 Å². The average molecular weight is 428 g/mol. The molecule has 0 unspecified atom stereocenters. The normalized spacial score (nSPS) is 11.0. The van der Waals surface area contributed by atoms with Crippen molar-refractivity contribution in [3.05, 3.63) is 74.7 Å². The summed E-state index contributed by atoms with van der Waals surface area (Å²) in [5.41, 5.74) is 2.43. The lowest BCUT2D eigenvalue weighted by molar-refractivity contribution is 0.415. The first kappa shape index (κ1) is 16.9. The highest BCUT2D eigenvalue weighted by molar-refractivity contribution is 9.10. The minimum atomic E-state index is -0.0766. The van der Waals surface area contributed by atoms with Crippen LogP contribution in [0.2, 0.25) is 0 Å². The third-order valence-corrected chi connectivity index (χ3v) is 5.42. The second-order valence-corrected chi connectivity index (χ2v) is 7.49. The molecule has 0 aliphatic heterocycles. The van der Waals surface area contributed by atoms with E-state index in [1.54, 1.807) is 35.4 Å². The Morgan fingerprint density at radius 3 is 2.96 bits per heavy atom. The lowest BCUT2D eigenvalue weighted by Gasteiger charge is -2.05. The van der Waals surface area contributed by atoms with Crippen molar-refractivity contribution in [1.29, 1.82) is 0 Å². The van der Waals surface area contributed by atoms with E-state index in [4.69, 9.17) is 4.74 Å². The maximum atomic E-state index is 12.7. The van der Waals surface area contributed by atoms with E-state index in [1.807, 2.05) is 41.8 Å². The SMILES string of the molecule is COc1cccc(-c2nc(Cn3cnc4ccc(Br)cc4c3=O)cs2)c1. The summed E-state index contributed by atoms with van der Waals surface area (Å²) in [7, 11) is 1.64. The Balaban J connectivity index is 1.66. The molecule has 2 heterocycles. The van der Waals surface area contributed by atoms with Crippen LogP contribution in [0.25, 0.3) is 21.5 Å². The molecule has 0 aliphatic rings. The van der Waals surface area contributed by atoms with Crippen LogP contribution in [0.4, 0.5) is 0 Å². The van der Waals surface area contributed by atoms with Gasteiger partial charge in [-0.05, 0) is 30.3 Å². The molecule has 0 fully saturated rings. The quantitative estimate of drug-likeness (QED) is 0.485. The number of aromatic nitrogens is 3. The third-order valence-electron chi connectivity index (χ3n) is 3.99. The zero-order valence-corrected chi connectivity index (χ0v) is 16.3. The largest absolute Gasteiger partial charge is 0.497 e. The van der Waals surface area contributed by atoms with E-state index < -0.39 is 0 Å². The second kappa shape index (κ2) is 7.01. The maximum absolute atomic E-state index is 12.7. The van der Waals surface area contributed by atoms with Crippen molar-refractivity contribution in [2.75, 3.05) is 7.11 Å². The maximum Gasteiger partial charge on any atom is 0.261 e. The molecule has 0 aliphatic carbocycles. The standard InChI is InChI=1S/C19H14BrN3O2S/c1-25-15-4-2-3-12(7-15)18-22-14(10-26-18)9-23-11-21-17-6-5-13(20)8-16(17)19(23)24/h2-8,10-11H,9H2,1H3. The number of ether oxygens (including phenoxy) is 1. The van der Waals surface area contributed by atoms with Crippen molar-refractivity contribution in [3.8, 4) is 16.3 Å². The molecule has 5 nitrogen and oxygen atoms in total. The van der Waals surface area contributed by atoms with E-state index in [0.29, 0.717) is 17.4 Å². The molecule has 0 saturated heterocycles. The van der Waals surface area contributed by atoms with Gasteiger partial charge in [-0.15, -0.1) is 11.3 Å². The third kappa shape index (κ3) is 3.27. The highest BCUT2D eigenvalue weighted by atomic mass is 79.9. The Bertz CT molecular complexity index is 1150. The Morgan fingerprint density at radius 2 is 2.12 bits per heavy atom. The molecule has 0 amide bonds. The van der Waals surface area contributed by atoms with Crippen LogP contribution >= 0.6 is 27.3 Å². The number of thiazole rings is 1. The van der Waals surface area contributed by atoms with Crippen LogP contribution in [0.15, 0.2) is 63.4 Å². The summed E-state index contributed by atoms with van der Waals surface area (Å²) in [5, 5.41) is 3.44. The van der Waals surface area contributed by atoms with Gasteiger partial charge in [0.2, 0.25) is 0 Å². The summed E-state index contributed by atoms with van der Waals surface area (Å²) < 4.78 is 7.70. The van der Waals surface area contributed by atoms with Crippen LogP contribution in [-0.2, 0) is 6.54 Å². The number of benzene rings is 2. The fourth-order valence-electron chi connectivity index (χ4n) is 2.69. The van der Waals surface area contributed by atoms with Gasteiger partial charge >= 0.3 is 0 Å². The van der Waals surface area contributed by atoms with Crippen LogP contribution in [0.3, 0.4) is 0 Å². The number of hydrogen-bond acceptors (Lipinski definition) is 5. The summed E-state index contributed by atoms with van der Waals surface area (Å²) in [6.45, 7) is 0.384. The fraction of sp³-hybridized carbons (Fsp3) is 0.105. The zero-order valence-electron chi connectivity index (χ0n) is 13.8. The Morgan fingerprint density at radius 1 is 1.23 bits per heavy atom. The number of hydrogen-bond donors (Lipinski definition) is 0. The summed E-state index contributed by atoms with van der Waals surface area (Å²) in [6, 6.07) is 13.3. The number of fused-ring (bicyclic) bond motifs is 1. The molecule has 26 heavy (non-hydrogen) atoms. The average Bonchev–Trinajstić information content (AvgIpc) is 3.13. The molecule has 0 saturated carbocycles. The van der Waals surface area contributed by atoms with Gasteiger partial charge in [0.05, 0.1) is 36.6 Å². The zero-order chi connectivity index (χ0) is 18.1. The van der Waals surface area contributed by atoms with Crippen molar-refractivity contribution < 1.29 is 4.74 Å². The van der Waals surface area contributed by atoms with E-state index in [0.717, 1.165) is 26.5 Å². The van der Waals surface area contributed by atoms with Gasteiger partial charge in [0, 0.05) is 15.4 Å². The highest BCUT2D eigenvalue weighted by Gasteiger charge is 2.09. The first-order valence-corrected chi connectivity index (χ1v) is 9.55. The minimum absolute atomic E-state index is 0.0766. The smallest absolute Gasteiger partial charge is 0.261 e. The van der Waals surface area contributed by atoms with Gasteiger partial charge in [0.15, 0.2) is 0 Å². The van der Waals surface area contributed by atoms with Gasteiger partial charge in [-0.3, -0.25) is 9.36 Å². The lowest BCUT2D eigenvalue weighted by atomic mass is 10.2. The molecule has 0 bridgehead atoms. The molecule has 2 aromatic carbocycles. The van der Waals surface area contributed by atoms with E-state index in [9.17, 15) is 4.79 Å². The molecule has 0 spiro atoms. The topological polar surface area (TPSA) is 57.0 Å². The van der Waals surface area contributed by atoms with Crippen LogP contribution in [0.1, 0.15) is 5.69 Å². The predicted octanol–water partition coefficient (Wildman–Crippen LogP) is 4.34. The van der Waals surface area contributed by atoms with Gasteiger partial charge in [0.1, 0.15) is 10.8 Å². The van der Waals surface area contributed by atoms with Gasteiger partial charge in [-0.25, -0.2) is 9.97 Å². The second-order valence-electron chi connectivity index (χ2n) is 5.72. The van der Waals surface area contributed by atoms with Crippen LogP contribution in [0.5, 0.6) is 5.75 Å². The molecule has 2 aromatic heterocycles. The summed E-state index contributed by atoms with van der Waals surface area (Å²) in [5.74, 6) is 0.791. The molecular weight excluding hydrogens is 414 g/mol. The molecular formula is C19H14BrN3O2S. The minimum Gasteiger partial charge on any atom is -0.497 e. The molecule has 0 atom stereocenters. The number of halogens is 1. The van der Waals surface area contributed by atoms with E-state index in [1.165, 1.54) is 0 Å². The Hall–Kier alpha value is -2.51. The Kier molecular flexibility index (Phi) is 4.57. The van der Waals surface area contributed by atoms with Gasteiger partial charge in [-0.1, -0.05) is 28.1 Å². The molecule has 0 radical (unpaired) electrons. The van der Waals surface area contributed by atoms with Gasteiger partial charge in [-0.2, -0.15) is 0 Å². The van der Waals surface area contributed by atoms with Crippen molar-refractivity contribution >= 4 is 38.2 Å². The Labute approximate surface area is 162 Å². The van der Waals surface area contributed by atoms with Crippen LogP contribution in [-0.4, -0.2) is 21.6 Å². The molecule has 4 rings (SSSR count). The summed E-state index contributed by atoms with van der Waals surface area (Å²) in [6.07, 6.45) is 1.57. The molecule has 7 heteroatoms. The predicted molar refractivity (Wildman–Crippen MR) is 107 cm³/mol. The van der Waals surface area contributed by atoms with E-state index in [2.05, 4.69) is 25.9 Å². The van der Waals surface area contributed by atoms with Crippen molar-refractivity contribution in [2.45, 2.75) is 6.54 Å². The van der Waals surface area contributed by atoms with E-state index in [-0.39, 0.29) is 5.56 Å². The lowest BCUT2D eigenvalue weighted by Crippen LogP contribution is -2.21. The molecule has 4 aromatic rings. The van der Waals surface area contributed by atoms with Crippen LogP contribution in [0, 0.1) is 0 Å². The monoisotopic (exact) mass is 427 g/mol. The summed E-state index contributed by atoms with van der Waals surface area (Å²) in [4.78, 5) is 21.7. The fourth-order valence-corrected chi connectivity index (χ4v) is 3.86. The number of nitrogens with zero attached hydrogens (tertiary/aromatic N) is 3. The highest BCUT2D eigenvalue weighted by Crippen LogP contribution is 2.27. The number of rotatable bonds is 4. The van der Waals surface area contributed by atoms with Gasteiger partial charge in [0.25, 0.3) is 5.56 Å². The summed E-state index contributed by atoms with van der Waals surface area (Å²) >= 11 is 4.95. The molecule has 130 valence electrons. The first-order chi connectivity index (χ1) is 12.6. The van der Waals surface area contributed by atoms with E-state index >= 15 is 0 Å². The number of methoxy groups -OCH3 is 1. The van der Waals surface area contributed by atoms with Crippen molar-refractivity contribution in [3.63, 3.8) is 0 Å². The van der Waals surface area contributed by atoms with Crippen molar-refractivity contribution in [2.24, 2.45) is 0 Å². The van der Waals surface area contributed by atoms with Crippen molar-refractivity contribution in [1.82, 2.24) is 14.5 Å².